The van der Waals surface area contributed by atoms with Crippen molar-refractivity contribution in [3.63, 3.8) is 0 Å². The first-order chi connectivity index (χ1) is 14.4. The van der Waals surface area contributed by atoms with Crippen LogP contribution >= 0.6 is 0 Å². The van der Waals surface area contributed by atoms with E-state index in [1.807, 2.05) is 6.92 Å². The minimum absolute atomic E-state index is 0.164. The molecule has 0 radical (unpaired) electrons. The Hall–Kier alpha value is -2.80. The Balaban J connectivity index is 1.57. The van der Waals surface area contributed by atoms with Crippen LogP contribution < -0.4 is 5.48 Å². The highest BCUT2D eigenvalue weighted by Crippen LogP contribution is 2.40. The van der Waals surface area contributed by atoms with Gasteiger partial charge in [0.25, 0.3) is 0 Å². The predicted octanol–water partition coefficient (Wildman–Crippen LogP) is 6.14. The van der Waals surface area contributed by atoms with Gasteiger partial charge in [0.2, 0.25) is 0 Å². The Morgan fingerprint density at radius 3 is 2.53 bits per heavy atom. The molecule has 7 heteroatoms. The van der Waals surface area contributed by atoms with E-state index in [4.69, 9.17) is 9.82 Å². The van der Waals surface area contributed by atoms with Crippen molar-refractivity contribution in [3.8, 4) is 11.1 Å². The first-order valence-electron chi connectivity index (χ1n) is 10.2. The predicted molar refractivity (Wildman–Crippen MR) is 109 cm³/mol. The Kier molecular flexibility index (Phi) is 4.39. The van der Waals surface area contributed by atoms with E-state index >= 15 is 0 Å². The zero-order valence-corrected chi connectivity index (χ0v) is 16.6. The van der Waals surface area contributed by atoms with Crippen molar-refractivity contribution >= 4 is 16.7 Å². The van der Waals surface area contributed by atoms with Crippen molar-refractivity contribution in [2.45, 2.75) is 50.8 Å². The van der Waals surface area contributed by atoms with Gasteiger partial charge in [0.05, 0.1) is 16.6 Å². The maximum absolute atomic E-state index is 13.5. The summed E-state index contributed by atoms with van der Waals surface area (Å²) in [5, 5.41) is 0. The second kappa shape index (κ2) is 6.87. The van der Waals surface area contributed by atoms with E-state index in [0.717, 1.165) is 43.0 Å². The van der Waals surface area contributed by atoms with Gasteiger partial charge in [-0.15, -0.1) is 0 Å². The van der Waals surface area contributed by atoms with Crippen molar-refractivity contribution < 1.29 is 18.0 Å². The summed E-state index contributed by atoms with van der Waals surface area (Å²) >= 11 is 0. The van der Waals surface area contributed by atoms with Gasteiger partial charge in [0.15, 0.2) is 5.82 Å². The number of nitrogens with one attached hydrogen (secondary N) is 2. The fraction of sp³-hybridized carbons (Fsp3) is 0.348. The summed E-state index contributed by atoms with van der Waals surface area (Å²) in [4.78, 5) is 13.9. The third kappa shape index (κ3) is 3.17. The van der Waals surface area contributed by atoms with E-state index in [0.29, 0.717) is 22.5 Å². The van der Waals surface area contributed by atoms with Gasteiger partial charge in [-0.3, -0.25) is 10.3 Å². The molecule has 1 aliphatic carbocycles. The van der Waals surface area contributed by atoms with Gasteiger partial charge in [-0.2, -0.15) is 13.2 Å². The minimum Gasteiger partial charge on any atom is -0.337 e. The van der Waals surface area contributed by atoms with Gasteiger partial charge in [-0.05, 0) is 54.7 Å². The Bertz CT molecular complexity index is 1140. The summed E-state index contributed by atoms with van der Waals surface area (Å²) in [6, 6.07) is 9.16. The highest BCUT2D eigenvalue weighted by atomic mass is 19.4. The number of H-pyrrole nitrogens is 1. The third-order valence-corrected chi connectivity index (χ3v) is 6.16. The number of aromatic amines is 1. The minimum atomic E-state index is -4.42. The maximum Gasteiger partial charge on any atom is 0.417 e. The van der Waals surface area contributed by atoms with Crippen molar-refractivity contribution in [3.05, 3.63) is 59.4 Å². The molecule has 5 rings (SSSR count). The summed E-state index contributed by atoms with van der Waals surface area (Å²) in [7, 11) is 0. The summed E-state index contributed by atoms with van der Waals surface area (Å²) in [6.07, 6.45) is 3.11. The molecule has 1 spiro atoms. The van der Waals surface area contributed by atoms with Crippen LogP contribution in [-0.2, 0) is 11.0 Å². The van der Waals surface area contributed by atoms with Crippen LogP contribution in [0.1, 0.15) is 49.1 Å². The first-order valence-corrected chi connectivity index (χ1v) is 10.2. The van der Waals surface area contributed by atoms with Crippen LogP contribution in [0.15, 0.2) is 42.5 Å². The number of benzene rings is 2. The Morgan fingerprint density at radius 2 is 1.77 bits per heavy atom. The maximum atomic E-state index is 13.5. The van der Waals surface area contributed by atoms with Gasteiger partial charge in [-0.1, -0.05) is 43.5 Å². The number of fused-ring (bicyclic) bond motifs is 1. The molecule has 2 aliphatic rings. The van der Waals surface area contributed by atoms with Crippen LogP contribution in [0.4, 0.5) is 13.2 Å². The molecule has 4 nitrogen and oxygen atoms in total. The van der Waals surface area contributed by atoms with E-state index in [2.05, 4.69) is 16.5 Å². The quantitative estimate of drug-likeness (QED) is 0.531. The molecule has 2 N–H and O–H groups in total. The van der Waals surface area contributed by atoms with Crippen LogP contribution in [0.5, 0.6) is 0 Å². The average Bonchev–Trinajstić information content (AvgIpc) is 3.33. The first kappa shape index (κ1) is 19.2. The van der Waals surface area contributed by atoms with Crippen molar-refractivity contribution in [2.24, 2.45) is 0 Å². The normalized spacial score (nSPS) is 18.6. The Labute approximate surface area is 172 Å². The van der Waals surface area contributed by atoms with Crippen molar-refractivity contribution in [2.75, 3.05) is 0 Å². The number of aromatic nitrogens is 2. The van der Waals surface area contributed by atoms with E-state index in [1.54, 1.807) is 18.2 Å². The second-order valence-corrected chi connectivity index (χ2v) is 8.15. The van der Waals surface area contributed by atoms with Gasteiger partial charge in [0, 0.05) is 0 Å². The molecule has 0 atom stereocenters. The van der Waals surface area contributed by atoms with Crippen LogP contribution in [0.3, 0.4) is 0 Å². The molecular weight excluding hydrogens is 391 g/mol. The van der Waals surface area contributed by atoms with Gasteiger partial charge < -0.3 is 4.98 Å². The smallest absolute Gasteiger partial charge is 0.337 e. The molecule has 0 bridgehead atoms. The number of hydrogen-bond acceptors (Lipinski definition) is 3. The van der Waals surface area contributed by atoms with Crippen LogP contribution in [0, 0.1) is 6.92 Å². The van der Waals surface area contributed by atoms with Crippen LogP contribution in [-0.4, -0.2) is 15.6 Å². The SMILES string of the molecule is Cc1c(-c2ccccc2C(F)(F)F)ccc2[nH]c(C3=CC4(CCCCC4)ON3)nc12. The number of hydrogen-bond donors (Lipinski definition) is 2. The second-order valence-electron chi connectivity index (χ2n) is 8.15. The number of aryl methyl sites for hydroxylation is 1. The zero-order chi connectivity index (χ0) is 20.9. The summed E-state index contributed by atoms with van der Waals surface area (Å²) in [5.74, 6) is 0.636. The van der Waals surface area contributed by atoms with E-state index in [-0.39, 0.29) is 11.2 Å². The van der Waals surface area contributed by atoms with E-state index in [9.17, 15) is 13.2 Å². The molecular formula is C23H22F3N3O. The van der Waals surface area contributed by atoms with Gasteiger partial charge in [-0.25, -0.2) is 4.98 Å². The molecule has 1 aromatic heterocycles. The fourth-order valence-electron chi connectivity index (χ4n) is 4.59. The number of nitrogens with zero attached hydrogens (tertiary/aromatic N) is 1. The lowest BCUT2D eigenvalue weighted by atomic mass is 9.84. The number of hydroxylamine groups is 1. The average molecular weight is 413 g/mol. The molecule has 3 aromatic rings. The summed E-state index contributed by atoms with van der Waals surface area (Å²) < 4.78 is 40.5. The molecule has 1 saturated carbocycles. The van der Waals surface area contributed by atoms with Crippen LogP contribution in [0.25, 0.3) is 27.9 Å². The van der Waals surface area contributed by atoms with E-state index < -0.39 is 11.7 Å². The molecule has 2 heterocycles. The number of halogens is 3. The zero-order valence-electron chi connectivity index (χ0n) is 16.6. The molecule has 0 amide bonds. The lowest BCUT2D eigenvalue weighted by Gasteiger charge is -2.29. The number of imidazole rings is 1. The topological polar surface area (TPSA) is 49.9 Å². The highest BCUT2D eigenvalue weighted by Gasteiger charge is 2.37. The summed E-state index contributed by atoms with van der Waals surface area (Å²) in [6.45, 7) is 1.81. The molecule has 156 valence electrons. The molecule has 1 aliphatic heterocycles. The Morgan fingerprint density at radius 1 is 1.00 bits per heavy atom. The highest BCUT2D eigenvalue weighted by molar-refractivity contribution is 5.89. The monoisotopic (exact) mass is 413 g/mol. The fourth-order valence-corrected chi connectivity index (χ4v) is 4.59. The van der Waals surface area contributed by atoms with Crippen molar-refractivity contribution in [1.82, 2.24) is 15.4 Å². The van der Waals surface area contributed by atoms with Crippen LogP contribution in [0.2, 0.25) is 0 Å². The lowest BCUT2D eigenvalue weighted by molar-refractivity contribution is -0.137. The van der Waals surface area contributed by atoms with Gasteiger partial charge in [0.1, 0.15) is 11.3 Å². The largest absolute Gasteiger partial charge is 0.417 e. The molecule has 1 fully saturated rings. The van der Waals surface area contributed by atoms with E-state index in [1.165, 1.54) is 18.6 Å². The number of alkyl halides is 3. The number of rotatable bonds is 2. The molecule has 2 aromatic carbocycles. The standard InChI is InChI=1S/C23H22F3N3O/c1-14-15(16-7-3-4-8-17(16)23(24,25)26)9-10-18-20(14)28-21(27-18)19-13-22(30-29-19)11-5-2-6-12-22/h3-4,7-10,13,29H,2,5-6,11-12H2,1H3,(H,27,28). The summed E-state index contributed by atoms with van der Waals surface area (Å²) in [5.41, 5.74) is 5.71. The molecule has 30 heavy (non-hydrogen) atoms. The third-order valence-electron chi connectivity index (χ3n) is 6.16. The molecule has 0 unspecified atom stereocenters. The van der Waals surface area contributed by atoms with Gasteiger partial charge >= 0.3 is 6.18 Å². The lowest BCUT2D eigenvalue weighted by Crippen LogP contribution is -2.31. The van der Waals surface area contributed by atoms with Crippen molar-refractivity contribution in [1.29, 1.82) is 0 Å². The molecule has 0 saturated heterocycles.